The van der Waals surface area contributed by atoms with Crippen LogP contribution in [0.3, 0.4) is 0 Å². The van der Waals surface area contributed by atoms with Gasteiger partial charge in [-0.3, -0.25) is 4.79 Å². The molecular formula is C23H23F3N4O2. The number of rotatable bonds is 4. The van der Waals surface area contributed by atoms with Gasteiger partial charge in [0.2, 0.25) is 0 Å². The summed E-state index contributed by atoms with van der Waals surface area (Å²) in [6.07, 6.45) is -4.25. The number of carbonyl (C=O) groups is 1. The molecule has 0 spiro atoms. The second-order valence-corrected chi connectivity index (χ2v) is 8.00. The average molecular weight is 444 g/mol. The lowest BCUT2D eigenvalue weighted by atomic mass is 9.96. The Morgan fingerprint density at radius 3 is 2.44 bits per heavy atom. The molecule has 1 aliphatic heterocycles. The number of aliphatic hydroxyl groups excluding tert-OH is 1. The van der Waals surface area contributed by atoms with Crippen LogP contribution in [-0.2, 0) is 0 Å². The third-order valence-corrected chi connectivity index (χ3v) is 5.61. The van der Waals surface area contributed by atoms with Crippen molar-refractivity contribution in [3.8, 4) is 0 Å². The minimum Gasteiger partial charge on any atom is -0.389 e. The fraction of sp³-hybridized carbons (Fsp3) is 0.304. The lowest BCUT2D eigenvalue weighted by Gasteiger charge is -2.34. The number of aliphatic hydroxyl groups is 1. The highest BCUT2D eigenvalue weighted by Crippen LogP contribution is 2.44. The van der Waals surface area contributed by atoms with Gasteiger partial charge in [-0.25, -0.2) is 4.68 Å². The Bertz CT molecular complexity index is 1110. The number of benzene rings is 2. The molecule has 1 aromatic heterocycles. The zero-order chi connectivity index (χ0) is 23.0. The smallest absolute Gasteiger partial charge is 0.389 e. The number of amides is 1. The van der Waals surface area contributed by atoms with Crippen LogP contribution in [0.1, 0.15) is 58.6 Å². The molecule has 0 bridgehead atoms. The molecule has 168 valence electrons. The zero-order valence-electron chi connectivity index (χ0n) is 17.5. The van der Waals surface area contributed by atoms with Crippen LogP contribution in [0, 0.1) is 6.92 Å². The molecule has 0 saturated heterocycles. The first-order chi connectivity index (χ1) is 15.1. The predicted octanol–water partition coefficient (Wildman–Crippen LogP) is 5.16. The van der Waals surface area contributed by atoms with E-state index in [-0.39, 0.29) is 17.8 Å². The number of nitrogens with zero attached hydrogens (tertiary/aromatic N) is 2. The van der Waals surface area contributed by atoms with Crippen molar-refractivity contribution in [3.05, 3.63) is 77.0 Å². The summed E-state index contributed by atoms with van der Waals surface area (Å²) in [7, 11) is 0. The number of nitrogens with one attached hydrogen (secondary N) is 2. The van der Waals surface area contributed by atoms with Gasteiger partial charge in [-0.15, -0.1) is 0 Å². The normalized spacial score (nSPS) is 19.1. The summed E-state index contributed by atoms with van der Waals surface area (Å²) in [5, 5.41) is 19.3. The maximum absolute atomic E-state index is 13.8. The Labute approximate surface area is 183 Å². The number of aryl methyl sites for hydroxylation is 1. The first kappa shape index (κ1) is 21.9. The molecule has 0 aliphatic carbocycles. The Morgan fingerprint density at radius 1 is 1.19 bits per heavy atom. The van der Waals surface area contributed by atoms with Crippen molar-refractivity contribution in [2.75, 3.05) is 10.6 Å². The number of hydrogen-bond acceptors (Lipinski definition) is 4. The molecule has 32 heavy (non-hydrogen) atoms. The van der Waals surface area contributed by atoms with Crippen molar-refractivity contribution in [1.82, 2.24) is 9.78 Å². The number of halogens is 3. The van der Waals surface area contributed by atoms with Crippen LogP contribution < -0.4 is 10.6 Å². The summed E-state index contributed by atoms with van der Waals surface area (Å²) >= 11 is 0. The van der Waals surface area contributed by atoms with Gasteiger partial charge in [-0.1, -0.05) is 42.0 Å². The number of fused-ring (bicyclic) bond motifs is 1. The summed E-state index contributed by atoms with van der Waals surface area (Å²) in [4.78, 5) is 12.9. The Kier molecular flexibility index (Phi) is 5.68. The van der Waals surface area contributed by atoms with Crippen molar-refractivity contribution in [1.29, 1.82) is 0 Å². The van der Waals surface area contributed by atoms with Gasteiger partial charge >= 0.3 is 6.18 Å². The number of anilines is 2. The van der Waals surface area contributed by atoms with Crippen LogP contribution in [-0.4, -0.2) is 27.0 Å². The molecule has 4 rings (SSSR count). The molecule has 0 saturated carbocycles. The molecule has 2 aromatic carbocycles. The molecule has 0 fully saturated rings. The third-order valence-electron chi connectivity index (χ3n) is 5.61. The molecule has 3 atom stereocenters. The number of alkyl halides is 3. The van der Waals surface area contributed by atoms with E-state index in [4.69, 9.17) is 0 Å². The molecule has 6 nitrogen and oxygen atoms in total. The van der Waals surface area contributed by atoms with Crippen molar-refractivity contribution in [3.63, 3.8) is 0 Å². The van der Waals surface area contributed by atoms with E-state index < -0.39 is 30.3 Å². The average Bonchev–Trinajstić information content (AvgIpc) is 3.17. The summed E-state index contributed by atoms with van der Waals surface area (Å²) in [6, 6.07) is 11.4. The van der Waals surface area contributed by atoms with Crippen LogP contribution in [0.4, 0.5) is 24.7 Å². The Morgan fingerprint density at radius 2 is 1.84 bits per heavy atom. The molecule has 1 amide bonds. The lowest BCUT2D eigenvalue weighted by Crippen LogP contribution is -2.36. The monoisotopic (exact) mass is 444 g/mol. The topological polar surface area (TPSA) is 79.2 Å². The first-order valence-electron chi connectivity index (χ1n) is 10.2. The lowest BCUT2D eigenvalue weighted by molar-refractivity contribution is -0.173. The quantitative estimate of drug-likeness (QED) is 0.520. The maximum atomic E-state index is 13.8. The largest absolute Gasteiger partial charge is 0.410 e. The van der Waals surface area contributed by atoms with Crippen molar-refractivity contribution < 1.29 is 23.1 Å². The Hall–Kier alpha value is -3.33. The highest BCUT2D eigenvalue weighted by atomic mass is 19.4. The summed E-state index contributed by atoms with van der Waals surface area (Å²) in [5.41, 5.74) is 2.87. The predicted molar refractivity (Wildman–Crippen MR) is 115 cm³/mol. The van der Waals surface area contributed by atoms with Crippen LogP contribution in [0.15, 0.2) is 54.7 Å². The van der Waals surface area contributed by atoms with Crippen LogP contribution in [0.25, 0.3) is 0 Å². The highest BCUT2D eigenvalue weighted by Gasteiger charge is 2.47. The van der Waals surface area contributed by atoms with E-state index in [2.05, 4.69) is 15.7 Å². The standard InChI is InChI=1S/C23H23F3N4O2/c1-13-3-5-16(6-4-13)19-11-20(23(24,25)26)30-21(29-19)18(12-27-30)22(32)28-17-9-7-15(8-10-17)14(2)31/h3-10,12,14,19-20,29,31H,11H2,1-2H3,(H,28,32)/t14-,19-,20-/m0/s1. The van der Waals surface area contributed by atoms with Crippen LogP contribution >= 0.6 is 0 Å². The maximum Gasteiger partial charge on any atom is 0.410 e. The van der Waals surface area contributed by atoms with Gasteiger partial charge in [-0.05, 0) is 37.1 Å². The van der Waals surface area contributed by atoms with Gasteiger partial charge in [0.25, 0.3) is 5.91 Å². The third kappa shape index (κ3) is 4.34. The van der Waals surface area contributed by atoms with E-state index >= 15 is 0 Å². The minimum absolute atomic E-state index is 0.0238. The van der Waals surface area contributed by atoms with E-state index in [9.17, 15) is 23.1 Å². The molecule has 2 heterocycles. The Balaban J connectivity index is 1.64. The molecular weight excluding hydrogens is 421 g/mol. The first-order valence-corrected chi connectivity index (χ1v) is 10.2. The zero-order valence-corrected chi connectivity index (χ0v) is 17.5. The van der Waals surface area contributed by atoms with Crippen molar-refractivity contribution in [2.45, 2.75) is 44.6 Å². The van der Waals surface area contributed by atoms with E-state index in [1.807, 2.05) is 19.1 Å². The van der Waals surface area contributed by atoms with Crippen LogP contribution in [0.2, 0.25) is 0 Å². The van der Waals surface area contributed by atoms with Crippen molar-refractivity contribution in [2.24, 2.45) is 0 Å². The summed E-state index contributed by atoms with van der Waals surface area (Å²) in [5.74, 6) is -0.545. The number of aromatic nitrogens is 2. The second-order valence-electron chi connectivity index (χ2n) is 8.00. The number of carbonyl (C=O) groups excluding carboxylic acids is 1. The van der Waals surface area contributed by atoms with Gasteiger partial charge < -0.3 is 15.7 Å². The fourth-order valence-electron chi connectivity index (χ4n) is 3.79. The minimum atomic E-state index is -4.52. The van der Waals surface area contributed by atoms with Crippen molar-refractivity contribution >= 4 is 17.4 Å². The van der Waals surface area contributed by atoms with Crippen LogP contribution in [0.5, 0.6) is 0 Å². The SMILES string of the molecule is Cc1ccc([C@@H]2C[C@@H](C(F)(F)F)n3ncc(C(=O)Nc4ccc([C@H](C)O)cc4)c3N2)cc1. The molecule has 3 aromatic rings. The van der Waals surface area contributed by atoms with E-state index in [0.29, 0.717) is 16.8 Å². The summed E-state index contributed by atoms with van der Waals surface area (Å²) in [6.45, 7) is 3.53. The molecule has 9 heteroatoms. The van der Waals surface area contributed by atoms with E-state index in [1.165, 1.54) is 0 Å². The highest BCUT2D eigenvalue weighted by molar-refractivity contribution is 6.07. The summed E-state index contributed by atoms with van der Waals surface area (Å²) < 4.78 is 42.3. The molecule has 0 radical (unpaired) electrons. The van der Waals surface area contributed by atoms with Gasteiger partial charge in [-0.2, -0.15) is 18.3 Å². The number of hydrogen-bond donors (Lipinski definition) is 3. The van der Waals surface area contributed by atoms with E-state index in [0.717, 1.165) is 16.4 Å². The van der Waals surface area contributed by atoms with Gasteiger partial charge in [0.05, 0.1) is 18.3 Å². The second kappa shape index (κ2) is 8.31. The van der Waals surface area contributed by atoms with E-state index in [1.54, 1.807) is 43.3 Å². The fourth-order valence-corrected chi connectivity index (χ4v) is 3.79. The molecule has 0 unspecified atom stereocenters. The van der Waals surface area contributed by atoms with Gasteiger partial charge in [0, 0.05) is 12.1 Å². The molecule has 1 aliphatic rings. The van der Waals surface area contributed by atoms with Gasteiger partial charge in [0.15, 0.2) is 6.04 Å². The van der Waals surface area contributed by atoms with Gasteiger partial charge in [0.1, 0.15) is 11.4 Å². The molecule has 3 N–H and O–H groups in total.